The summed E-state index contributed by atoms with van der Waals surface area (Å²) in [6, 6.07) is 12.9. The van der Waals surface area contributed by atoms with Crippen LogP contribution >= 0.6 is 11.6 Å². The fourth-order valence-corrected chi connectivity index (χ4v) is 3.71. The Balaban J connectivity index is 1.58. The van der Waals surface area contributed by atoms with Crippen molar-refractivity contribution in [1.29, 1.82) is 0 Å². The number of halogens is 1. The minimum absolute atomic E-state index is 0.0542. The van der Waals surface area contributed by atoms with Gasteiger partial charge in [0.05, 0.1) is 5.02 Å². The number of carbonyl (C=O) groups is 1. The maximum atomic E-state index is 12.7. The van der Waals surface area contributed by atoms with Crippen molar-refractivity contribution < 1.29 is 4.79 Å². The molecule has 3 aliphatic heterocycles. The van der Waals surface area contributed by atoms with Crippen LogP contribution in [0.15, 0.2) is 23.0 Å². The third-order valence-corrected chi connectivity index (χ3v) is 5.20. The van der Waals surface area contributed by atoms with Gasteiger partial charge in [0.25, 0.3) is 11.5 Å². The number of carbonyl (C=O) groups excluding carboxylic acids is 1. The molecule has 3 fully saturated rings. The Morgan fingerprint density at radius 1 is 1.24 bits per heavy atom. The lowest BCUT2D eigenvalue weighted by Crippen LogP contribution is -2.57. The van der Waals surface area contributed by atoms with Crippen molar-refractivity contribution in [3.05, 3.63) is 63.5 Å². The van der Waals surface area contributed by atoms with E-state index in [1.165, 1.54) is 10.6 Å². The van der Waals surface area contributed by atoms with Gasteiger partial charge in [-0.05, 0) is 62.2 Å². The summed E-state index contributed by atoms with van der Waals surface area (Å²) in [6.07, 6.45) is 4.89. The highest BCUT2D eigenvalue weighted by Crippen LogP contribution is 2.27. The van der Waals surface area contributed by atoms with Gasteiger partial charge in [0.2, 0.25) is 0 Å². The van der Waals surface area contributed by atoms with E-state index < -0.39 is 5.56 Å². The van der Waals surface area contributed by atoms with Crippen molar-refractivity contribution in [1.82, 2.24) is 14.8 Å². The van der Waals surface area contributed by atoms with Gasteiger partial charge in [0.15, 0.2) is 0 Å². The molecule has 0 spiro atoms. The minimum atomic E-state index is -0.454. The minimum Gasteiger partial charge on any atom is -0.348 e. The average Bonchev–Trinajstić information content (AvgIpc) is 2.64. The van der Waals surface area contributed by atoms with E-state index in [9.17, 15) is 9.59 Å². The molecular formula is C19H16ClN3O2. The predicted molar refractivity (Wildman–Crippen MR) is 92.8 cm³/mol. The summed E-state index contributed by atoms with van der Waals surface area (Å²) in [4.78, 5) is 27.7. The van der Waals surface area contributed by atoms with E-state index in [4.69, 9.17) is 11.6 Å². The van der Waals surface area contributed by atoms with Gasteiger partial charge in [-0.25, -0.2) is 4.57 Å². The van der Waals surface area contributed by atoms with E-state index in [2.05, 4.69) is 34.6 Å². The quantitative estimate of drug-likeness (QED) is 0.910. The van der Waals surface area contributed by atoms with Gasteiger partial charge in [-0.1, -0.05) is 11.6 Å². The summed E-state index contributed by atoms with van der Waals surface area (Å²) in [6.45, 7) is 3.05. The molecule has 2 bridgehead atoms. The number of fused-ring (bicyclic) bond motifs is 3. The third-order valence-electron chi connectivity index (χ3n) is 4.98. The van der Waals surface area contributed by atoms with Crippen LogP contribution in [0.1, 0.15) is 23.2 Å². The van der Waals surface area contributed by atoms with Crippen LogP contribution in [0.4, 0.5) is 0 Å². The highest BCUT2D eigenvalue weighted by molar-refractivity contribution is 6.30. The van der Waals surface area contributed by atoms with Crippen LogP contribution in [0.3, 0.4) is 0 Å². The Morgan fingerprint density at radius 3 is 2.68 bits per heavy atom. The molecule has 4 heterocycles. The van der Waals surface area contributed by atoms with Crippen molar-refractivity contribution in [3.63, 3.8) is 0 Å². The standard InChI is InChI=1S/C19H16ClN3O2/c20-14-3-5-15(6-4-14)23-9-1-2-16(19(23)25)18(24)21-17-12-22-10-7-13(17)8-11-22/h2-3,5,13,17H,7-8,10-12H2,(H,21,24). The number of amides is 1. The second kappa shape index (κ2) is 6.44. The molecule has 3 aliphatic rings. The molecule has 2 aromatic rings. The number of hydrogen-bond acceptors (Lipinski definition) is 3. The number of nitrogens with one attached hydrogen (secondary N) is 1. The second-order valence-corrected chi connectivity index (χ2v) is 6.90. The molecule has 25 heavy (non-hydrogen) atoms. The fraction of sp³-hybridized carbons (Fsp3) is 0.368. The normalized spacial score (nSPS) is 24.3. The first-order valence-corrected chi connectivity index (χ1v) is 8.68. The summed E-state index contributed by atoms with van der Waals surface area (Å²) in [5.74, 6) is 0.135. The Hall–Kier alpha value is -2.47. The zero-order valence-electron chi connectivity index (χ0n) is 13.5. The molecular weight excluding hydrogens is 338 g/mol. The zero-order valence-corrected chi connectivity index (χ0v) is 14.3. The van der Waals surface area contributed by atoms with Crippen LogP contribution in [-0.4, -0.2) is 41.1 Å². The van der Waals surface area contributed by atoms with Crippen LogP contribution in [0.2, 0.25) is 5.02 Å². The smallest absolute Gasteiger partial charge is 0.276 e. The van der Waals surface area contributed by atoms with Gasteiger partial charge in [0.1, 0.15) is 11.3 Å². The molecule has 0 radical (unpaired) electrons. The molecule has 5 nitrogen and oxygen atoms in total. The predicted octanol–water partition coefficient (Wildman–Crippen LogP) is 1.52. The van der Waals surface area contributed by atoms with Gasteiger partial charge in [-0.2, -0.15) is 0 Å². The summed E-state index contributed by atoms with van der Waals surface area (Å²) >= 11 is 5.80. The monoisotopic (exact) mass is 353 g/mol. The molecule has 5 rings (SSSR count). The number of piperidine rings is 3. The van der Waals surface area contributed by atoms with Crippen LogP contribution in [0.5, 0.6) is 0 Å². The summed E-state index contributed by atoms with van der Waals surface area (Å²) < 4.78 is 1.21. The molecule has 1 aromatic carbocycles. The van der Waals surface area contributed by atoms with Gasteiger partial charge in [0, 0.05) is 24.8 Å². The Labute approximate surface area is 151 Å². The lowest BCUT2D eigenvalue weighted by Gasteiger charge is -2.44. The van der Waals surface area contributed by atoms with Crippen molar-refractivity contribution in [2.75, 3.05) is 19.6 Å². The Bertz CT molecular complexity index is 838. The Morgan fingerprint density at radius 2 is 2.04 bits per heavy atom. The molecule has 0 aliphatic carbocycles. The highest BCUT2D eigenvalue weighted by atomic mass is 35.5. The maximum Gasteiger partial charge on any atom is 0.276 e. The van der Waals surface area contributed by atoms with E-state index in [0.717, 1.165) is 32.5 Å². The number of rotatable bonds is 3. The summed E-state index contributed by atoms with van der Waals surface area (Å²) in [5, 5.41) is 3.43. The van der Waals surface area contributed by atoms with E-state index in [-0.39, 0.29) is 17.5 Å². The molecule has 0 saturated carbocycles. The number of aromatic nitrogens is 1. The van der Waals surface area contributed by atoms with E-state index in [1.54, 1.807) is 12.1 Å². The first-order valence-electron chi connectivity index (χ1n) is 8.30. The zero-order chi connectivity index (χ0) is 17.4. The number of nitrogens with zero attached hydrogens (tertiary/aromatic N) is 2. The molecule has 1 atom stereocenters. The van der Waals surface area contributed by atoms with E-state index >= 15 is 0 Å². The van der Waals surface area contributed by atoms with Gasteiger partial charge in [-0.15, -0.1) is 0 Å². The van der Waals surface area contributed by atoms with Crippen LogP contribution in [0.25, 0.3) is 5.69 Å². The molecule has 1 amide bonds. The summed E-state index contributed by atoms with van der Waals surface area (Å²) in [5.41, 5.74) is 0.0196. The Kier molecular flexibility index (Phi) is 4.13. The largest absolute Gasteiger partial charge is 0.348 e. The van der Waals surface area contributed by atoms with E-state index in [1.807, 2.05) is 0 Å². The fourth-order valence-electron chi connectivity index (χ4n) is 3.60. The van der Waals surface area contributed by atoms with Crippen molar-refractivity contribution in [3.8, 4) is 5.69 Å². The molecule has 126 valence electrons. The molecule has 1 aromatic heterocycles. The molecule has 6 heteroatoms. The lowest BCUT2D eigenvalue weighted by atomic mass is 9.84. The SMILES string of the molecule is O=C(NC1CN2CCC1CC2)c1cc#cn(-c2c#cc(Cl)cc2)c1=O. The van der Waals surface area contributed by atoms with Crippen LogP contribution < -0.4 is 10.9 Å². The number of hydrogen-bond donors (Lipinski definition) is 1. The summed E-state index contributed by atoms with van der Waals surface area (Å²) in [7, 11) is 0. The van der Waals surface area contributed by atoms with Gasteiger partial charge < -0.3 is 10.2 Å². The molecule has 3 saturated heterocycles. The highest BCUT2D eigenvalue weighted by Gasteiger charge is 2.35. The maximum absolute atomic E-state index is 12.7. The third kappa shape index (κ3) is 3.09. The van der Waals surface area contributed by atoms with Crippen molar-refractivity contribution >= 4 is 17.5 Å². The lowest BCUT2D eigenvalue weighted by molar-refractivity contribution is 0.0619. The van der Waals surface area contributed by atoms with Gasteiger partial charge in [-0.3, -0.25) is 9.59 Å². The first-order chi connectivity index (χ1) is 12.1. The topological polar surface area (TPSA) is 54.3 Å². The van der Waals surface area contributed by atoms with E-state index in [0.29, 0.717) is 16.6 Å². The van der Waals surface area contributed by atoms with Crippen LogP contribution in [0, 0.1) is 30.3 Å². The van der Waals surface area contributed by atoms with Gasteiger partial charge >= 0.3 is 0 Å². The molecule has 1 N–H and O–H groups in total. The first kappa shape index (κ1) is 16.0. The van der Waals surface area contributed by atoms with Crippen LogP contribution in [-0.2, 0) is 0 Å². The molecule has 1 unspecified atom stereocenters. The average molecular weight is 354 g/mol. The van der Waals surface area contributed by atoms with Crippen molar-refractivity contribution in [2.24, 2.45) is 5.92 Å². The van der Waals surface area contributed by atoms with Crippen molar-refractivity contribution in [2.45, 2.75) is 18.9 Å². The second-order valence-electron chi connectivity index (χ2n) is 6.49.